The number of amides is 1. The van der Waals surface area contributed by atoms with Gasteiger partial charge in [0.2, 0.25) is 5.95 Å². The number of hydrogen-bond acceptors (Lipinski definition) is 7. The monoisotopic (exact) mass is 455 g/mol. The van der Waals surface area contributed by atoms with Gasteiger partial charge < -0.3 is 19.3 Å². The average molecular weight is 455 g/mol. The highest BCUT2D eigenvalue weighted by atomic mass is 19.1. The summed E-state index contributed by atoms with van der Waals surface area (Å²) >= 11 is 0. The summed E-state index contributed by atoms with van der Waals surface area (Å²) in [6.07, 6.45) is 3.27. The van der Waals surface area contributed by atoms with Gasteiger partial charge in [-0.2, -0.15) is 0 Å². The van der Waals surface area contributed by atoms with Crippen molar-refractivity contribution in [2.45, 2.75) is 0 Å². The highest BCUT2D eigenvalue weighted by molar-refractivity contribution is 5.99. The van der Waals surface area contributed by atoms with E-state index in [0.29, 0.717) is 37.8 Å². The molecule has 4 rings (SSSR count). The van der Waals surface area contributed by atoms with Crippen molar-refractivity contribution in [2.24, 2.45) is 0 Å². The van der Waals surface area contributed by atoms with E-state index in [9.17, 15) is 19.3 Å². The third kappa shape index (κ3) is 4.16. The molecule has 10 nitrogen and oxygen atoms in total. The van der Waals surface area contributed by atoms with Crippen molar-refractivity contribution in [2.75, 3.05) is 45.3 Å². The first kappa shape index (κ1) is 22.1. The maximum Gasteiger partial charge on any atom is 0.286 e. The molecular formula is C22H22FN5O5. The van der Waals surface area contributed by atoms with Gasteiger partial charge in [0, 0.05) is 44.6 Å². The standard InChI is InChI=1S/C22H22FN5O5/c1-32-19-13-15(18(28(30)31)14-20(19)33-2)21(29)25-9-11-26(12-10-25)22-24-7-8-27(22)17-6-4-3-5-16(17)23/h3-8,13-14H,9-12H2,1-2H3. The first-order valence-corrected chi connectivity index (χ1v) is 10.2. The zero-order valence-electron chi connectivity index (χ0n) is 18.1. The summed E-state index contributed by atoms with van der Waals surface area (Å²) in [5.41, 5.74) is -0.0430. The van der Waals surface area contributed by atoms with Gasteiger partial charge >= 0.3 is 0 Å². The van der Waals surface area contributed by atoms with Crippen LogP contribution in [0.5, 0.6) is 11.5 Å². The van der Waals surface area contributed by atoms with Crippen LogP contribution in [0.15, 0.2) is 48.8 Å². The maximum atomic E-state index is 14.3. The molecule has 0 spiro atoms. The number of anilines is 1. The lowest BCUT2D eigenvalue weighted by molar-refractivity contribution is -0.385. The average Bonchev–Trinajstić information content (AvgIpc) is 3.32. The van der Waals surface area contributed by atoms with E-state index >= 15 is 0 Å². The van der Waals surface area contributed by atoms with Crippen molar-refractivity contribution < 1.29 is 23.6 Å². The van der Waals surface area contributed by atoms with Crippen LogP contribution in [0.4, 0.5) is 16.0 Å². The number of aromatic nitrogens is 2. The Morgan fingerprint density at radius 1 is 1.09 bits per heavy atom. The molecule has 1 aliphatic rings. The Bertz CT molecular complexity index is 1190. The second-order valence-electron chi connectivity index (χ2n) is 7.31. The van der Waals surface area contributed by atoms with Gasteiger partial charge in [0.15, 0.2) is 11.5 Å². The highest BCUT2D eigenvalue weighted by Crippen LogP contribution is 2.35. The number of halogens is 1. The van der Waals surface area contributed by atoms with Crippen LogP contribution in [0.2, 0.25) is 0 Å². The van der Waals surface area contributed by atoms with E-state index in [0.717, 1.165) is 0 Å². The molecule has 0 saturated carbocycles. The van der Waals surface area contributed by atoms with Gasteiger partial charge in [-0.1, -0.05) is 12.1 Å². The molecule has 11 heteroatoms. The first-order chi connectivity index (χ1) is 15.9. The number of carbonyl (C=O) groups is 1. The molecule has 1 amide bonds. The second kappa shape index (κ2) is 9.15. The number of nitrogens with zero attached hydrogens (tertiary/aromatic N) is 5. The molecular weight excluding hydrogens is 433 g/mol. The summed E-state index contributed by atoms with van der Waals surface area (Å²) in [6, 6.07) is 8.92. The van der Waals surface area contributed by atoms with Gasteiger partial charge in [0.05, 0.1) is 30.9 Å². The summed E-state index contributed by atoms with van der Waals surface area (Å²) in [6.45, 7) is 1.49. The van der Waals surface area contributed by atoms with Crippen LogP contribution < -0.4 is 14.4 Å². The Labute approximate surface area is 188 Å². The van der Waals surface area contributed by atoms with E-state index in [4.69, 9.17) is 9.47 Å². The van der Waals surface area contributed by atoms with E-state index in [2.05, 4.69) is 4.98 Å². The third-order valence-electron chi connectivity index (χ3n) is 5.51. The lowest BCUT2D eigenvalue weighted by Crippen LogP contribution is -2.49. The molecule has 0 radical (unpaired) electrons. The maximum absolute atomic E-state index is 14.3. The lowest BCUT2D eigenvalue weighted by atomic mass is 10.1. The number of hydrogen-bond donors (Lipinski definition) is 0. The Balaban J connectivity index is 1.54. The lowest BCUT2D eigenvalue weighted by Gasteiger charge is -2.35. The molecule has 2 aromatic carbocycles. The fourth-order valence-electron chi connectivity index (χ4n) is 3.84. The van der Waals surface area contributed by atoms with Crippen LogP contribution in [-0.4, -0.2) is 65.7 Å². The summed E-state index contributed by atoms with van der Waals surface area (Å²) in [5.74, 6) is 0.123. The number of imidazole rings is 1. The molecule has 2 heterocycles. The minimum atomic E-state index is -0.614. The molecule has 33 heavy (non-hydrogen) atoms. The van der Waals surface area contributed by atoms with E-state index in [-0.39, 0.29) is 28.6 Å². The van der Waals surface area contributed by atoms with Crippen molar-refractivity contribution >= 4 is 17.5 Å². The van der Waals surface area contributed by atoms with Crippen LogP contribution in [0.25, 0.3) is 5.69 Å². The van der Waals surface area contributed by atoms with Crippen molar-refractivity contribution in [1.82, 2.24) is 14.5 Å². The van der Waals surface area contributed by atoms with Crippen LogP contribution in [-0.2, 0) is 0 Å². The van der Waals surface area contributed by atoms with Gasteiger partial charge in [0.25, 0.3) is 11.6 Å². The fourth-order valence-corrected chi connectivity index (χ4v) is 3.84. The van der Waals surface area contributed by atoms with Crippen molar-refractivity contribution in [3.8, 4) is 17.2 Å². The second-order valence-corrected chi connectivity index (χ2v) is 7.31. The smallest absolute Gasteiger partial charge is 0.286 e. The summed E-state index contributed by atoms with van der Waals surface area (Å²) in [4.78, 5) is 32.0. The Morgan fingerprint density at radius 2 is 1.76 bits per heavy atom. The van der Waals surface area contributed by atoms with Crippen molar-refractivity contribution in [3.05, 3.63) is 70.3 Å². The van der Waals surface area contributed by atoms with Gasteiger partial charge in [0.1, 0.15) is 11.4 Å². The Kier molecular flexibility index (Phi) is 6.11. The quantitative estimate of drug-likeness (QED) is 0.416. The molecule has 172 valence electrons. The first-order valence-electron chi connectivity index (χ1n) is 10.2. The third-order valence-corrected chi connectivity index (χ3v) is 5.51. The number of ether oxygens (including phenoxy) is 2. The minimum absolute atomic E-state index is 0.0704. The van der Waals surface area contributed by atoms with Crippen LogP contribution in [0.1, 0.15) is 10.4 Å². The zero-order valence-corrected chi connectivity index (χ0v) is 18.1. The fraction of sp³-hybridized carbons (Fsp3) is 0.273. The highest BCUT2D eigenvalue weighted by Gasteiger charge is 2.31. The SMILES string of the molecule is COc1cc(C(=O)N2CCN(c3nccn3-c3ccccc3F)CC2)c([N+](=O)[O-])cc1OC. The minimum Gasteiger partial charge on any atom is -0.493 e. The largest absolute Gasteiger partial charge is 0.493 e. The van der Waals surface area contributed by atoms with E-state index in [1.165, 1.54) is 32.4 Å². The Morgan fingerprint density at radius 3 is 2.39 bits per heavy atom. The number of methoxy groups -OCH3 is 2. The van der Waals surface area contributed by atoms with Gasteiger partial charge in [-0.25, -0.2) is 9.37 Å². The number of nitro benzene ring substituents is 1. The Hall–Kier alpha value is -4.15. The predicted octanol–water partition coefficient (Wildman–Crippen LogP) is 2.90. The van der Waals surface area contributed by atoms with Crippen molar-refractivity contribution in [3.63, 3.8) is 0 Å². The number of rotatable bonds is 6. The van der Waals surface area contributed by atoms with Crippen LogP contribution >= 0.6 is 0 Å². The summed E-state index contributed by atoms with van der Waals surface area (Å²) in [7, 11) is 2.77. The van der Waals surface area contributed by atoms with E-state index < -0.39 is 10.8 Å². The molecule has 0 atom stereocenters. The molecule has 0 unspecified atom stereocenters. The normalized spacial score (nSPS) is 13.7. The molecule has 1 fully saturated rings. The number of piperazine rings is 1. The van der Waals surface area contributed by atoms with Crippen molar-refractivity contribution in [1.29, 1.82) is 0 Å². The summed E-state index contributed by atoms with van der Waals surface area (Å²) < 4.78 is 26.3. The molecule has 0 aliphatic carbocycles. The number of para-hydroxylation sites is 1. The van der Waals surface area contributed by atoms with Crippen LogP contribution in [0, 0.1) is 15.9 Å². The summed E-state index contributed by atoms with van der Waals surface area (Å²) in [5, 5.41) is 11.6. The van der Waals surface area contributed by atoms with Gasteiger partial charge in [-0.3, -0.25) is 19.5 Å². The molecule has 0 bridgehead atoms. The number of carbonyl (C=O) groups excluding carboxylic acids is 1. The van der Waals surface area contributed by atoms with Crippen LogP contribution in [0.3, 0.4) is 0 Å². The molecule has 1 aromatic heterocycles. The number of nitro groups is 1. The van der Waals surface area contributed by atoms with E-state index in [1.54, 1.807) is 40.1 Å². The topological polar surface area (TPSA) is 103 Å². The molecule has 1 saturated heterocycles. The number of benzene rings is 2. The molecule has 3 aromatic rings. The van der Waals surface area contributed by atoms with E-state index in [1.807, 2.05) is 4.90 Å². The van der Waals surface area contributed by atoms with Gasteiger partial charge in [-0.05, 0) is 12.1 Å². The predicted molar refractivity (Wildman–Crippen MR) is 118 cm³/mol. The molecule has 0 N–H and O–H groups in total. The molecule has 1 aliphatic heterocycles. The van der Waals surface area contributed by atoms with Gasteiger partial charge in [-0.15, -0.1) is 0 Å². The zero-order chi connectivity index (χ0) is 23.5.